The molecule has 0 unspecified atom stereocenters. The van der Waals surface area contributed by atoms with Crippen LogP contribution in [0.25, 0.3) is 0 Å². The third-order valence-electron chi connectivity index (χ3n) is 3.99. The summed E-state index contributed by atoms with van der Waals surface area (Å²) in [6.07, 6.45) is 4.04. The van der Waals surface area contributed by atoms with Crippen LogP contribution in [-0.4, -0.2) is 54.5 Å². The zero-order chi connectivity index (χ0) is 20.5. The quantitative estimate of drug-likeness (QED) is 0.533. The summed E-state index contributed by atoms with van der Waals surface area (Å²) >= 11 is 1.53. The molecule has 1 saturated carbocycles. The predicted octanol–water partition coefficient (Wildman–Crippen LogP) is 1.38. The minimum Gasteiger partial charge on any atom is -0.454 e. The molecular formula is C19H25N3O5S. The molecule has 0 spiro atoms. The monoisotopic (exact) mass is 407 g/mol. The first-order valence-electron chi connectivity index (χ1n) is 9.02. The molecule has 28 heavy (non-hydrogen) atoms. The Labute approximate surface area is 168 Å². The molecule has 3 N–H and O–H groups in total. The summed E-state index contributed by atoms with van der Waals surface area (Å²) in [5, 5.41) is 7.36. The minimum atomic E-state index is -0.881. The number of urea groups is 1. The van der Waals surface area contributed by atoms with Gasteiger partial charge in [-0.25, -0.2) is 9.59 Å². The largest absolute Gasteiger partial charge is 0.454 e. The van der Waals surface area contributed by atoms with Crippen LogP contribution in [-0.2, 0) is 14.3 Å². The Kier molecular flexibility index (Phi) is 8.31. The van der Waals surface area contributed by atoms with Crippen molar-refractivity contribution in [2.75, 3.05) is 18.6 Å². The minimum absolute atomic E-state index is 0.114. The summed E-state index contributed by atoms with van der Waals surface area (Å²) in [5.74, 6) is -1.20. The number of benzene rings is 1. The van der Waals surface area contributed by atoms with Crippen molar-refractivity contribution in [2.45, 2.75) is 38.3 Å². The average Bonchev–Trinajstić information content (AvgIpc) is 3.46. The van der Waals surface area contributed by atoms with Crippen LogP contribution in [0.15, 0.2) is 24.3 Å². The molecule has 1 fully saturated rings. The summed E-state index contributed by atoms with van der Waals surface area (Å²) in [6.45, 7) is 1.28. The standard InChI is InChI=1S/C19H25N3O5S/c1-12-4-3-5-13(10-12)17(24)21-15(8-9-28-2)18(25)27-11-16(23)22-19(26)20-14-6-7-14/h3-5,10,14-15H,6-9,11H2,1-2H3,(H,21,24)(H2,20,22,23,26)/t15-/m1/s1. The van der Waals surface area contributed by atoms with Gasteiger partial charge in [-0.15, -0.1) is 0 Å². The fourth-order valence-corrected chi connectivity index (χ4v) is 2.83. The molecule has 0 aromatic heterocycles. The lowest BCUT2D eigenvalue weighted by Gasteiger charge is -2.17. The van der Waals surface area contributed by atoms with E-state index in [2.05, 4.69) is 16.0 Å². The van der Waals surface area contributed by atoms with Gasteiger partial charge in [-0.05, 0) is 50.3 Å². The SMILES string of the molecule is CSCC[C@@H](NC(=O)c1cccc(C)c1)C(=O)OCC(=O)NC(=O)NC1CC1. The van der Waals surface area contributed by atoms with Gasteiger partial charge < -0.3 is 15.4 Å². The van der Waals surface area contributed by atoms with Crippen LogP contribution in [0.3, 0.4) is 0 Å². The molecule has 1 atom stereocenters. The van der Waals surface area contributed by atoms with Crippen molar-refractivity contribution < 1.29 is 23.9 Å². The lowest BCUT2D eigenvalue weighted by atomic mass is 10.1. The highest BCUT2D eigenvalue weighted by Crippen LogP contribution is 2.18. The number of carbonyl (C=O) groups is 4. The molecular weight excluding hydrogens is 382 g/mol. The Bertz CT molecular complexity index is 736. The maximum atomic E-state index is 12.4. The van der Waals surface area contributed by atoms with E-state index in [-0.39, 0.29) is 11.9 Å². The summed E-state index contributed by atoms with van der Waals surface area (Å²) in [4.78, 5) is 48.0. The van der Waals surface area contributed by atoms with Crippen LogP contribution in [0.4, 0.5) is 4.79 Å². The summed E-state index contributed by atoms with van der Waals surface area (Å²) in [7, 11) is 0. The van der Waals surface area contributed by atoms with E-state index in [1.165, 1.54) is 11.8 Å². The number of hydrogen-bond acceptors (Lipinski definition) is 6. The number of amides is 4. The van der Waals surface area contributed by atoms with Crippen LogP contribution in [0.2, 0.25) is 0 Å². The van der Waals surface area contributed by atoms with Crippen molar-refractivity contribution >= 4 is 35.6 Å². The highest BCUT2D eigenvalue weighted by Gasteiger charge is 2.25. The van der Waals surface area contributed by atoms with Gasteiger partial charge in [-0.1, -0.05) is 17.7 Å². The number of ether oxygens (including phenoxy) is 1. The van der Waals surface area contributed by atoms with Crippen LogP contribution in [0.1, 0.15) is 35.2 Å². The van der Waals surface area contributed by atoms with Gasteiger partial charge in [-0.2, -0.15) is 11.8 Å². The molecule has 0 saturated heterocycles. The molecule has 4 amide bonds. The number of esters is 1. The third kappa shape index (κ3) is 7.59. The first-order valence-corrected chi connectivity index (χ1v) is 10.4. The number of rotatable bonds is 9. The molecule has 1 aromatic rings. The smallest absolute Gasteiger partial charge is 0.329 e. The van der Waals surface area contributed by atoms with Gasteiger partial charge in [0, 0.05) is 11.6 Å². The first-order chi connectivity index (χ1) is 13.4. The second-order valence-electron chi connectivity index (χ2n) is 6.58. The first kappa shape index (κ1) is 21.7. The van der Waals surface area contributed by atoms with E-state index < -0.39 is 30.6 Å². The van der Waals surface area contributed by atoms with E-state index in [1.807, 2.05) is 19.2 Å². The van der Waals surface area contributed by atoms with E-state index in [4.69, 9.17) is 4.74 Å². The third-order valence-corrected chi connectivity index (χ3v) is 4.64. The molecule has 0 aliphatic heterocycles. The zero-order valence-electron chi connectivity index (χ0n) is 15.9. The van der Waals surface area contributed by atoms with Crippen molar-refractivity contribution in [3.8, 4) is 0 Å². The number of hydrogen-bond donors (Lipinski definition) is 3. The predicted molar refractivity (Wildman–Crippen MR) is 106 cm³/mol. The number of imide groups is 1. The van der Waals surface area contributed by atoms with Gasteiger partial charge in [0.05, 0.1) is 0 Å². The summed E-state index contributed by atoms with van der Waals surface area (Å²) < 4.78 is 4.99. The van der Waals surface area contributed by atoms with Crippen LogP contribution in [0, 0.1) is 6.92 Å². The van der Waals surface area contributed by atoms with Crippen LogP contribution in [0.5, 0.6) is 0 Å². The van der Waals surface area contributed by atoms with E-state index in [9.17, 15) is 19.2 Å². The van der Waals surface area contributed by atoms with Crippen molar-refractivity contribution in [3.05, 3.63) is 35.4 Å². The lowest BCUT2D eigenvalue weighted by molar-refractivity contribution is -0.150. The van der Waals surface area contributed by atoms with Gasteiger partial charge in [0.2, 0.25) is 0 Å². The maximum Gasteiger partial charge on any atom is 0.329 e. The zero-order valence-corrected chi connectivity index (χ0v) is 16.8. The number of nitrogens with one attached hydrogen (secondary N) is 3. The van der Waals surface area contributed by atoms with Crippen LogP contribution < -0.4 is 16.0 Å². The molecule has 0 heterocycles. The Morgan fingerprint density at radius 2 is 2.00 bits per heavy atom. The van der Waals surface area contributed by atoms with Crippen LogP contribution >= 0.6 is 11.8 Å². The summed E-state index contributed by atoms with van der Waals surface area (Å²) in [6, 6.07) is 5.64. The highest BCUT2D eigenvalue weighted by molar-refractivity contribution is 7.98. The molecule has 2 rings (SSSR count). The Hall–Kier alpha value is -2.55. The average molecular weight is 407 g/mol. The second kappa shape index (κ2) is 10.7. The molecule has 1 aliphatic carbocycles. The molecule has 0 bridgehead atoms. The van der Waals surface area contributed by atoms with Crippen molar-refractivity contribution in [2.24, 2.45) is 0 Å². The lowest BCUT2D eigenvalue weighted by Crippen LogP contribution is -2.45. The van der Waals surface area contributed by atoms with E-state index in [0.29, 0.717) is 17.7 Å². The molecule has 152 valence electrons. The fraction of sp³-hybridized carbons (Fsp3) is 0.474. The van der Waals surface area contributed by atoms with E-state index in [0.717, 1.165) is 18.4 Å². The topological polar surface area (TPSA) is 114 Å². The fourth-order valence-electron chi connectivity index (χ4n) is 2.36. The van der Waals surface area contributed by atoms with Gasteiger partial charge in [-0.3, -0.25) is 14.9 Å². The van der Waals surface area contributed by atoms with Crippen molar-refractivity contribution in [1.29, 1.82) is 0 Å². The van der Waals surface area contributed by atoms with Crippen molar-refractivity contribution in [3.63, 3.8) is 0 Å². The number of aryl methyl sites for hydroxylation is 1. The van der Waals surface area contributed by atoms with Gasteiger partial charge >= 0.3 is 12.0 Å². The van der Waals surface area contributed by atoms with Gasteiger partial charge in [0.25, 0.3) is 11.8 Å². The van der Waals surface area contributed by atoms with Crippen molar-refractivity contribution in [1.82, 2.24) is 16.0 Å². The molecule has 1 aromatic carbocycles. The van der Waals surface area contributed by atoms with E-state index in [1.54, 1.807) is 18.2 Å². The Morgan fingerprint density at radius 3 is 2.64 bits per heavy atom. The second-order valence-corrected chi connectivity index (χ2v) is 7.57. The Morgan fingerprint density at radius 1 is 1.25 bits per heavy atom. The van der Waals surface area contributed by atoms with Gasteiger partial charge in [0.1, 0.15) is 6.04 Å². The van der Waals surface area contributed by atoms with E-state index >= 15 is 0 Å². The number of thioether (sulfide) groups is 1. The Balaban J connectivity index is 1.85. The molecule has 8 nitrogen and oxygen atoms in total. The molecule has 0 radical (unpaired) electrons. The molecule has 9 heteroatoms. The molecule has 1 aliphatic rings. The van der Waals surface area contributed by atoms with Gasteiger partial charge in [0.15, 0.2) is 6.61 Å². The maximum absolute atomic E-state index is 12.4. The normalized spacial score (nSPS) is 13.9. The highest BCUT2D eigenvalue weighted by atomic mass is 32.2. The number of carbonyl (C=O) groups excluding carboxylic acids is 4. The summed E-state index contributed by atoms with van der Waals surface area (Å²) in [5.41, 5.74) is 1.37.